The van der Waals surface area contributed by atoms with Crippen molar-refractivity contribution in [2.75, 3.05) is 32.8 Å². The van der Waals surface area contributed by atoms with Crippen LogP contribution in [0, 0.1) is 5.92 Å². The monoisotopic (exact) mass is 334 g/mol. The topological polar surface area (TPSA) is 32.8 Å². The van der Waals surface area contributed by atoms with E-state index in [1.807, 2.05) is 6.07 Å². The predicted octanol–water partition coefficient (Wildman–Crippen LogP) is 2.39. The number of carbonyl (C=O) groups is 1. The molecule has 0 bridgehead atoms. The van der Waals surface area contributed by atoms with Gasteiger partial charge in [-0.2, -0.15) is 0 Å². The standard InChI is InChI=1S/C18H26N2O2S/c21-18(12-15-2-1-11-23-15)20-8-4-16-17(20)3-7-19(16)13-14-5-9-22-10-6-14/h1-2,11,14,16-17H,3-10,12-13H2/t16-,17+/m0/s1. The number of fused-ring (bicyclic) bond motifs is 1. The molecule has 0 aromatic carbocycles. The van der Waals surface area contributed by atoms with Crippen molar-refractivity contribution < 1.29 is 9.53 Å². The Bertz CT molecular complexity index is 527. The van der Waals surface area contributed by atoms with Gasteiger partial charge >= 0.3 is 0 Å². The van der Waals surface area contributed by atoms with Gasteiger partial charge in [0, 0.05) is 49.8 Å². The molecule has 23 heavy (non-hydrogen) atoms. The highest BCUT2D eigenvalue weighted by atomic mass is 32.1. The molecule has 3 aliphatic rings. The van der Waals surface area contributed by atoms with Crippen molar-refractivity contribution in [3.8, 4) is 0 Å². The van der Waals surface area contributed by atoms with E-state index in [2.05, 4.69) is 21.2 Å². The molecule has 0 spiro atoms. The van der Waals surface area contributed by atoms with Gasteiger partial charge in [-0.1, -0.05) is 6.07 Å². The minimum Gasteiger partial charge on any atom is -0.381 e. The van der Waals surface area contributed by atoms with Gasteiger partial charge in [-0.15, -0.1) is 11.3 Å². The second-order valence-electron chi connectivity index (χ2n) is 7.11. The van der Waals surface area contributed by atoms with Crippen molar-refractivity contribution in [1.29, 1.82) is 0 Å². The van der Waals surface area contributed by atoms with Crippen molar-refractivity contribution in [3.05, 3.63) is 22.4 Å². The second-order valence-corrected chi connectivity index (χ2v) is 8.14. The zero-order valence-electron chi connectivity index (χ0n) is 13.7. The number of carbonyl (C=O) groups excluding carboxylic acids is 1. The molecule has 0 radical (unpaired) electrons. The van der Waals surface area contributed by atoms with E-state index < -0.39 is 0 Å². The highest BCUT2D eigenvalue weighted by Gasteiger charge is 2.44. The van der Waals surface area contributed by atoms with Crippen LogP contribution < -0.4 is 0 Å². The molecule has 4 nitrogen and oxygen atoms in total. The Labute approximate surface area is 142 Å². The highest BCUT2D eigenvalue weighted by Crippen LogP contribution is 2.33. The third-order valence-corrected chi connectivity index (χ3v) is 6.63. The summed E-state index contributed by atoms with van der Waals surface area (Å²) in [5, 5.41) is 2.06. The van der Waals surface area contributed by atoms with E-state index in [1.165, 1.54) is 24.3 Å². The van der Waals surface area contributed by atoms with Gasteiger partial charge in [0.05, 0.1) is 6.42 Å². The SMILES string of the molecule is O=C(Cc1cccs1)N1CC[C@H]2[C@H]1CCN2CC1CCOCC1. The normalized spacial score (nSPS) is 29.1. The van der Waals surface area contributed by atoms with Crippen LogP contribution in [-0.2, 0) is 16.0 Å². The Morgan fingerprint density at radius 2 is 2.00 bits per heavy atom. The lowest BCUT2D eigenvalue weighted by Gasteiger charge is -2.30. The molecule has 1 aromatic heterocycles. The molecule has 0 unspecified atom stereocenters. The van der Waals surface area contributed by atoms with Crippen molar-refractivity contribution >= 4 is 17.2 Å². The first kappa shape index (κ1) is 15.6. The summed E-state index contributed by atoms with van der Waals surface area (Å²) in [6.07, 6.45) is 5.30. The number of nitrogens with zero attached hydrogens (tertiary/aromatic N) is 2. The molecule has 126 valence electrons. The van der Waals surface area contributed by atoms with Gasteiger partial charge in [0.25, 0.3) is 0 Å². The van der Waals surface area contributed by atoms with Gasteiger partial charge in [0.15, 0.2) is 0 Å². The lowest BCUT2D eigenvalue weighted by atomic mass is 9.99. The van der Waals surface area contributed by atoms with Gasteiger partial charge in [0.1, 0.15) is 0 Å². The maximum absolute atomic E-state index is 12.6. The summed E-state index contributed by atoms with van der Waals surface area (Å²) in [4.78, 5) is 18.7. The molecule has 3 fully saturated rings. The van der Waals surface area contributed by atoms with E-state index >= 15 is 0 Å². The number of rotatable bonds is 4. The molecule has 3 aliphatic heterocycles. The fourth-order valence-corrected chi connectivity index (χ4v) is 5.23. The molecule has 4 heterocycles. The van der Waals surface area contributed by atoms with Crippen LogP contribution in [0.25, 0.3) is 0 Å². The van der Waals surface area contributed by atoms with Crippen LogP contribution in [0.3, 0.4) is 0 Å². The van der Waals surface area contributed by atoms with E-state index in [0.717, 1.165) is 45.1 Å². The van der Waals surface area contributed by atoms with Gasteiger partial charge < -0.3 is 9.64 Å². The maximum Gasteiger partial charge on any atom is 0.228 e. The van der Waals surface area contributed by atoms with Crippen molar-refractivity contribution in [2.24, 2.45) is 5.92 Å². The van der Waals surface area contributed by atoms with Crippen LogP contribution in [-0.4, -0.2) is 60.6 Å². The molecule has 2 atom stereocenters. The van der Waals surface area contributed by atoms with E-state index in [0.29, 0.717) is 24.4 Å². The van der Waals surface area contributed by atoms with Gasteiger partial charge in [-0.3, -0.25) is 9.69 Å². The molecule has 1 aromatic rings. The number of ether oxygens (including phenoxy) is 1. The van der Waals surface area contributed by atoms with Crippen LogP contribution in [0.2, 0.25) is 0 Å². The lowest BCUT2D eigenvalue weighted by Crippen LogP contribution is -2.41. The Balaban J connectivity index is 1.34. The largest absolute Gasteiger partial charge is 0.381 e. The average molecular weight is 334 g/mol. The summed E-state index contributed by atoms with van der Waals surface area (Å²) < 4.78 is 5.48. The quantitative estimate of drug-likeness (QED) is 0.848. The molecule has 3 saturated heterocycles. The third kappa shape index (κ3) is 3.32. The summed E-state index contributed by atoms with van der Waals surface area (Å²) in [6, 6.07) is 5.17. The van der Waals surface area contributed by atoms with E-state index in [4.69, 9.17) is 4.74 Å². The molecular weight excluding hydrogens is 308 g/mol. The molecule has 4 rings (SSSR count). The predicted molar refractivity (Wildman–Crippen MR) is 91.7 cm³/mol. The van der Waals surface area contributed by atoms with E-state index in [-0.39, 0.29) is 0 Å². The van der Waals surface area contributed by atoms with Crippen LogP contribution in [0.15, 0.2) is 17.5 Å². The fourth-order valence-electron chi connectivity index (χ4n) is 4.54. The van der Waals surface area contributed by atoms with Gasteiger partial charge in [0.2, 0.25) is 5.91 Å². The number of thiophene rings is 1. The van der Waals surface area contributed by atoms with Crippen LogP contribution in [0.4, 0.5) is 0 Å². The zero-order chi connectivity index (χ0) is 15.6. The number of hydrogen-bond donors (Lipinski definition) is 0. The smallest absolute Gasteiger partial charge is 0.228 e. The minimum absolute atomic E-state index is 0.327. The molecule has 1 amide bonds. The van der Waals surface area contributed by atoms with E-state index in [1.54, 1.807) is 11.3 Å². The average Bonchev–Trinajstić information content (AvgIpc) is 3.27. The first-order valence-electron chi connectivity index (χ1n) is 8.95. The minimum atomic E-state index is 0.327. The zero-order valence-corrected chi connectivity index (χ0v) is 14.5. The van der Waals surface area contributed by atoms with E-state index in [9.17, 15) is 4.79 Å². The molecule has 0 N–H and O–H groups in total. The van der Waals surface area contributed by atoms with Crippen molar-refractivity contribution in [2.45, 2.75) is 44.2 Å². The van der Waals surface area contributed by atoms with Crippen LogP contribution >= 0.6 is 11.3 Å². The highest BCUT2D eigenvalue weighted by molar-refractivity contribution is 7.10. The summed E-state index contributed by atoms with van der Waals surface area (Å²) >= 11 is 1.69. The molecule has 0 aliphatic carbocycles. The summed E-state index contributed by atoms with van der Waals surface area (Å²) in [6.45, 7) is 5.17. The summed E-state index contributed by atoms with van der Waals surface area (Å²) in [7, 11) is 0. The first-order valence-corrected chi connectivity index (χ1v) is 9.83. The van der Waals surface area contributed by atoms with Crippen LogP contribution in [0.5, 0.6) is 0 Å². The second kappa shape index (κ2) is 6.91. The summed E-state index contributed by atoms with van der Waals surface area (Å²) in [5.74, 6) is 1.12. The Kier molecular flexibility index (Phi) is 4.69. The number of amides is 1. The van der Waals surface area contributed by atoms with Crippen LogP contribution in [0.1, 0.15) is 30.6 Å². The molecular formula is C18H26N2O2S. The molecule has 0 saturated carbocycles. The third-order valence-electron chi connectivity index (χ3n) is 5.75. The van der Waals surface area contributed by atoms with Crippen molar-refractivity contribution in [1.82, 2.24) is 9.80 Å². The Morgan fingerprint density at radius 1 is 1.17 bits per heavy atom. The number of likely N-dealkylation sites (tertiary alicyclic amines) is 2. The lowest BCUT2D eigenvalue weighted by molar-refractivity contribution is -0.131. The first-order chi connectivity index (χ1) is 11.3. The van der Waals surface area contributed by atoms with Gasteiger partial charge in [-0.05, 0) is 43.0 Å². The molecule has 5 heteroatoms. The number of hydrogen-bond acceptors (Lipinski definition) is 4. The summed E-state index contributed by atoms with van der Waals surface area (Å²) in [5.41, 5.74) is 0. The Morgan fingerprint density at radius 3 is 2.78 bits per heavy atom. The Hall–Kier alpha value is -0.910. The van der Waals surface area contributed by atoms with Gasteiger partial charge in [-0.25, -0.2) is 0 Å². The maximum atomic E-state index is 12.6. The fraction of sp³-hybridized carbons (Fsp3) is 0.722. The van der Waals surface area contributed by atoms with Crippen molar-refractivity contribution in [3.63, 3.8) is 0 Å².